The Morgan fingerprint density at radius 3 is 2.71 bits per heavy atom. The van der Waals surface area contributed by atoms with E-state index in [-0.39, 0.29) is 17.1 Å². The van der Waals surface area contributed by atoms with Gasteiger partial charge in [-0.2, -0.15) is 0 Å². The van der Waals surface area contributed by atoms with Gasteiger partial charge in [0, 0.05) is 11.3 Å². The molecule has 21 heavy (non-hydrogen) atoms. The van der Waals surface area contributed by atoms with Gasteiger partial charge in [0.15, 0.2) is 0 Å². The number of rotatable bonds is 2. The molecule has 0 amide bonds. The number of aliphatic hydroxyl groups is 2. The summed E-state index contributed by atoms with van der Waals surface area (Å²) in [5, 5.41) is 19.7. The first kappa shape index (κ1) is 13.7. The zero-order valence-electron chi connectivity index (χ0n) is 12.4. The third-order valence-electron chi connectivity index (χ3n) is 4.43. The summed E-state index contributed by atoms with van der Waals surface area (Å²) in [5.41, 5.74) is 3.54. The average molecular weight is 280 g/mol. The third-order valence-corrected chi connectivity index (χ3v) is 4.43. The molecule has 0 radical (unpaired) electrons. The third kappa shape index (κ3) is 2.42. The van der Waals surface area contributed by atoms with Crippen molar-refractivity contribution in [3.05, 3.63) is 76.8 Å². The van der Waals surface area contributed by atoms with Gasteiger partial charge in [-0.25, -0.2) is 0 Å². The summed E-state index contributed by atoms with van der Waals surface area (Å²) in [5.74, 6) is 0.565. The Bertz CT molecular complexity index is 687. The molecule has 0 aliphatic heterocycles. The summed E-state index contributed by atoms with van der Waals surface area (Å²) < 4.78 is 0. The van der Waals surface area contributed by atoms with Crippen LogP contribution in [-0.4, -0.2) is 10.2 Å². The van der Waals surface area contributed by atoms with Crippen LogP contribution in [-0.2, 0) is 5.41 Å². The molecule has 0 saturated carbocycles. The maximum Gasteiger partial charge on any atom is 0.111 e. The predicted molar refractivity (Wildman–Crippen MR) is 86.1 cm³/mol. The van der Waals surface area contributed by atoms with E-state index in [0.717, 1.165) is 5.57 Å². The molecule has 2 heteroatoms. The smallest absolute Gasteiger partial charge is 0.111 e. The highest BCUT2D eigenvalue weighted by Crippen LogP contribution is 2.42. The van der Waals surface area contributed by atoms with E-state index in [1.165, 1.54) is 11.1 Å². The van der Waals surface area contributed by atoms with Gasteiger partial charge in [0.05, 0.1) is 5.76 Å². The minimum Gasteiger partial charge on any atom is -0.512 e. The van der Waals surface area contributed by atoms with Crippen molar-refractivity contribution in [2.24, 2.45) is 5.92 Å². The minimum atomic E-state index is -0.0963. The second kappa shape index (κ2) is 4.96. The molecule has 0 saturated heterocycles. The van der Waals surface area contributed by atoms with Gasteiger partial charge in [-0.3, -0.25) is 0 Å². The van der Waals surface area contributed by atoms with E-state index in [9.17, 15) is 10.2 Å². The zero-order chi connectivity index (χ0) is 15.0. The van der Waals surface area contributed by atoms with Gasteiger partial charge >= 0.3 is 0 Å². The van der Waals surface area contributed by atoms with E-state index in [0.29, 0.717) is 12.2 Å². The minimum absolute atomic E-state index is 0.0543. The van der Waals surface area contributed by atoms with E-state index >= 15 is 0 Å². The van der Waals surface area contributed by atoms with Crippen molar-refractivity contribution >= 4 is 6.08 Å². The van der Waals surface area contributed by atoms with E-state index in [2.05, 4.69) is 38.1 Å². The van der Waals surface area contributed by atoms with Crippen LogP contribution in [0.25, 0.3) is 6.08 Å². The van der Waals surface area contributed by atoms with Crippen LogP contribution in [0.3, 0.4) is 0 Å². The Morgan fingerprint density at radius 1 is 1.29 bits per heavy atom. The number of fused-ring (bicyclic) bond motifs is 1. The molecule has 0 aromatic heterocycles. The monoisotopic (exact) mass is 280 g/mol. The fourth-order valence-corrected chi connectivity index (χ4v) is 3.01. The fourth-order valence-electron chi connectivity index (χ4n) is 3.01. The van der Waals surface area contributed by atoms with Crippen molar-refractivity contribution in [2.75, 3.05) is 0 Å². The van der Waals surface area contributed by atoms with Gasteiger partial charge in [-0.05, 0) is 41.3 Å². The van der Waals surface area contributed by atoms with Crippen LogP contribution in [0.15, 0.2) is 65.7 Å². The lowest BCUT2D eigenvalue weighted by molar-refractivity contribution is 0.348. The summed E-state index contributed by atoms with van der Waals surface area (Å²) in [7, 11) is 0. The van der Waals surface area contributed by atoms with Crippen LogP contribution in [0.1, 0.15) is 31.4 Å². The molecule has 2 N–H and O–H groups in total. The van der Waals surface area contributed by atoms with E-state index < -0.39 is 0 Å². The first-order valence-electron chi connectivity index (χ1n) is 7.28. The highest BCUT2D eigenvalue weighted by Gasteiger charge is 2.32. The standard InChI is InChI=1S/C19H20O2/c1-19(2)15(11-14-5-3-4-6-17(14)19)12-18(21)13-7-9-16(20)10-8-13/h3-7,9-13,20-21H,8H2,1-2H3/b18-12+. The maximum atomic E-state index is 10.4. The molecule has 3 rings (SSSR count). The van der Waals surface area contributed by atoms with Crippen molar-refractivity contribution in [2.45, 2.75) is 25.7 Å². The summed E-state index contributed by atoms with van der Waals surface area (Å²) in [4.78, 5) is 0. The number of allylic oxidation sites excluding steroid dienone is 5. The Morgan fingerprint density at radius 2 is 2.05 bits per heavy atom. The first-order chi connectivity index (χ1) is 9.98. The summed E-state index contributed by atoms with van der Waals surface area (Å²) >= 11 is 0. The zero-order valence-corrected chi connectivity index (χ0v) is 12.4. The summed E-state index contributed by atoms with van der Waals surface area (Å²) in [6.45, 7) is 4.35. The van der Waals surface area contributed by atoms with Crippen LogP contribution in [0, 0.1) is 5.92 Å². The summed E-state index contributed by atoms with van der Waals surface area (Å²) in [6.07, 6.45) is 9.87. The van der Waals surface area contributed by atoms with Gasteiger partial charge in [-0.15, -0.1) is 0 Å². The highest BCUT2D eigenvalue weighted by atomic mass is 16.3. The average Bonchev–Trinajstić information content (AvgIpc) is 2.71. The molecule has 1 aromatic rings. The van der Waals surface area contributed by atoms with Crippen LogP contribution in [0.5, 0.6) is 0 Å². The van der Waals surface area contributed by atoms with Crippen LogP contribution < -0.4 is 0 Å². The Labute approximate surface area is 125 Å². The lowest BCUT2D eigenvalue weighted by Crippen LogP contribution is -2.17. The second-order valence-corrected chi connectivity index (χ2v) is 6.21. The number of hydrogen-bond acceptors (Lipinski definition) is 2. The molecule has 0 fully saturated rings. The topological polar surface area (TPSA) is 40.5 Å². The predicted octanol–water partition coefficient (Wildman–Crippen LogP) is 4.82. The van der Waals surface area contributed by atoms with Gasteiger partial charge in [-0.1, -0.05) is 50.3 Å². The Kier molecular flexibility index (Phi) is 3.25. The van der Waals surface area contributed by atoms with Gasteiger partial charge in [0.25, 0.3) is 0 Å². The number of aliphatic hydroxyl groups excluding tert-OH is 2. The molecule has 2 nitrogen and oxygen atoms in total. The second-order valence-electron chi connectivity index (χ2n) is 6.21. The lowest BCUT2D eigenvalue weighted by atomic mass is 9.80. The molecule has 2 aliphatic carbocycles. The maximum absolute atomic E-state index is 10.4. The lowest BCUT2D eigenvalue weighted by Gasteiger charge is -2.23. The van der Waals surface area contributed by atoms with Crippen molar-refractivity contribution in [1.82, 2.24) is 0 Å². The van der Waals surface area contributed by atoms with Crippen molar-refractivity contribution in [1.29, 1.82) is 0 Å². The molecule has 1 aromatic carbocycles. The van der Waals surface area contributed by atoms with Crippen LogP contribution in [0.2, 0.25) is 0 Å². The van der Waals surface area contributed by atoms with Crippen molar-refractivity contribution < 1.29 is 10.2 Å². The molecule has 1 unspecified atom stereocenters. The van der Waals surface area contributed by atoms with Gasteiger partial charge in [0.1, 0.15) is 5.76 Å². The Hall–Kier alpha value is -2.22. The Balaban J connectivity index is 1.89. The van der Waals surface area contributed by atoms with Crippen LogP contribution >= 0.6 is 0 Å². The van der Waals surface area contributed by atoms with Crippen molar-refractivity contribution in [3.8, 4) is 0 Å². The first-order valence-corrected chi connectivity index (χ1v) is 7.28. The number of benzene rings is 1. The largest absolute Gasteiger partial charge is 0.512 e. The fraction of sp³-hybridized carbons (Fsp3) is 0.263. The van der Waals surface area contributed by atoms with Gasteiger partial charge in [0.2, 0.25) is 0 Å². The normalized spacial score (nSPS) is 23.5. The summed E-state index contributed by atoms with van der Waals surface area (Å²) in [6, 6.07) is 8.34. The molecule has 0 bridgehead atoms. The molecular formula is C19H20O2. The molecule has 108 valence electrons. The van der Waals surface area contributed by atoms with Crippen LogP contribution in [0.4, 0.5) is 0 Å². The van der Waals surface area contributed by atoms with E-state index in [1.807, 2.05) is 18.2 Å². The molecule has 0 heterocycles. The highest BCUT2D eigenvalue weighted by molar-refractivity contribution is 5.71. The quantitative estimate of drug-likeness (QED) is 0.762. The molecular weight excluding hydrogens is 260 g/mol. The molecule has 1 atom stereocenters. The van der Waals surface area contributed by atoms with E-state index in [1.54, 1.807) is 12.2 Å². The number of hydrogen-bond donors (Lipinski definition) is 2. The SMILES string of the molecule is CC1(C)C(/C=C(/O)C2C=CC(O)=CC2)=Cc2ccccc21. The van der Waals surface area contributed by atoms with E-state index in [4.69, 9.17) is 0 Å². The van der Waals surface area contributed by atoms with Crippen molar-refractivity contribution in [3.63, 3.8) is 0 Å². The van der Waals surface area contributed by atoms with Gasteiger partial charge < -0.3 is 10.2 Å². The molecule has 0 spiro atoms. The molecule has 2 aliphatic rings.